The third-order valence-corrected chi connectivity index (χ3v) is 2.38. The summed E-state index contributed by atoms with van der Waals surface area (Å²) in [5, 5.41) is 9.22. The van der Waals surface area contributed by atoms with Crippen molar-refractivity contribution < 1.29 is 9.84 Å². The monoisotopic (exact) mass is 231 g/mol. The van der Waals surface area contributed by atoms with E-state index in [4.69, 9.17) is 16.2 Å². The Hall–Kier alpha value is -2.43. The predicted octanol–water partition coefficient (Wildman–Crippen LogP) is 1.63. The quantitative estimate of drug-likeness (QED) is 0.730. The first-order valence-corrected chi connectivity index (χ1v) is 5.01. The number of aromatic hydroxyl groups is 1. The molecular formula is C12H13N3O2. The molecular weight excluding hydrogens is 218 g/mol. The molecule has 5 N–H and O–H groups in total. The number of ether oxygens (including phenoxy) is 1. The molecule has 0 spiro atoms. The van der Waals surface area contributed by atoms with Crippen LogP contribution >= 0.6 is 0 Å². The first kappa shape index (κ1) is 11.1. The Morgan fingerprint density at radius 3 is 2.35 bits per heavy atom. The highest BCUT2D eigenvalue weighted by molar-refractivity contribution is 5.77. The van der Waals surface area contributed by atoms with Gasteiger partial charge < -0.3 is 21.3 Å². The second-order valence-corrected chi connectivity index (χ2v) is 3.57. The molecule has 17 heavy (non-hydrogen) atoms. The second-order valence-electron chi connectivity index (χ2n) is 3.57. The van der Waals surface area contributed by atoms with Crippen molar-refractivity contribution in [2.75, 3.05) is 18.6 Å². The van der Waals surface area contributed by atoms with Gasteiger partial charge in [-0.2, -0.15) is 0 Å². The molecule has 0 radical (unpaired) electrons. The molecule has 0 bridgehead atoms. The highest BCUT2D eigenvalue weighted by Crippen LogP contribution is 2.31. The lowest BCUT2D eigenvalue weighted by Crippen LogP contribution is -2.00. The zero-order valence-corrected chi connectivity index (χ0v) is 9.34. The number of nitrogens with two attached hydrogens (primary N) is 2. The molecule has 0 aliphatic rings. The average molecular weight is 231 g/mol. The molecule has 1 heterocycles. The van der Waals surface area contributed by atoms with Crippen LogP contribution in [0.15, 0.2) is 30.3 Å². The lowest BCUT2D eigenvalue weighted by atomic mass is 10.1. The minimum Gasteiger partial charge on any atom is -0.508 e. The Labute approximate surface area is 98.7 Å². The minimum absolute atomic E-state index is 0.190. The molecule has 88 valence electrons. The molecule has 0 fully saturated rings. The number of rotatable bonds is 2. The van der Waals surface area contributed by atoms with E-state index in [9.17, 15) is 5.11 Å². The Kier molecular flexibility index (Phi) is 2.74. The van der Waals surface area contributed by atoms with Crippen molar-refractivity contribution in [1.82, 2.24) is 4.98 Å². The molecule has 0 atom stereocenters. The van der Waals surface area contributed by atoms with Crippen LogP contribution in [0, 0.1) is 0 Å². The predicted molar refractivity (Wildman–Crippen MR) is 66.7 cm³/mol. The minimum atomic E-state index is 0.190. The molecule has 0 saturated heterocycles. The Balaban J connectivity index is 2.55. The fourth-order valence-corrected chi connectivity index (χ4v) is 1.54. The zero-order valence-electron chi connectivity index (χ0n) is 9.34. The molecule has 5 heteroatoms. The summed E-state index contributed by atoms with van der Waals surface area (Å²) in [5.74, 6) is 0.525. The van der Waals surface area contributed by atoms with E-state index in [1.165, 1.54) is 7.11 Å². The Morgan fingerprint density at radius 1 is 1.12 bits per heavy atom. The van der Waals surface area contributed by atoms with Crippen LogP contribution in [0.4, 0.5) is 11.4 Å². The number of pyridine rings is 1. The smallest absolute Gasteiger partial charge is 0.237 e. The number of aromatic nitrogens is 1. The van der Waals surface area contributed by atoms with Crippen LogP contribution in [0.5, 0.6) is 11.6 Å². The van der Waals surface area contributed by atoms with E-state index in [2.05, 4.69) is 4.98 Å². The van der Waals surface area contributed by atoms with Gasteiger partial charge >= 0.3 is 0 Å². The van der Waals surface area contributed by atoms with Crippen LogP contribution in [-0.2, 0) is 0 Å². The van der Waals surface area contributed by atoms with Gasteiger partial charge in [-0.15, -0.1) is 0 Å². The summed E-state index contributed by atoms with van der Waals surface area (Å²) in [5.41, 5.74) is 13.8. The van der Waals surface area contributed by atoms with Crippen molar-refractivity contribution in [3.05, 3.63) is 30.3 Å². The normalized spacial score (nSPS) is 10.2. The number of nitrogen functional groups attached to an aromatic ring is 2. The molecule has 0 aliphatic carbocycles. The molecule has 5 nitrogen and oxygen atoms in total. The molecule has 2 aromatic rings. The van der Waals surface area contributed by atoms with Crippen LogP contribution < -0.4 is 16.2 Å². The number of anilines is 2. The number of nitrogens with zero attached hydrogens (tertiary/aromatic N) is 1. The molecule has 1 aromatic heterocycles. The lowest BCUT2D eigenvalue weighted by Gasteiger charge is -2.09. The van der Waals surface area contributed by atoms with Crippen molar-refractivity contribution in [2.24, 2.45) is 0 Å². The summed E-state index contributed by atoms with van der Waals surface area (Å²) in [6, 6.07) is 8.19. The van der Waals surface area contributed by atoms with E-state index in [0.717, 1.165) is 5.56 Å². The summed E-state index contributed by atoms with van der Waals surface area (Å²) in [7, 11) is 1.50. The van der Waals surface area contributed by atoms with Gasteiger partial charge in [0.05, 0.1) is 24.2 Å². The van der Waals surface area contributed by atoms with Gasteiger partial charge in [0, 0.05) is 5.56 Å². The van der Waals surface area contributed by atoms with Crippen LogP contribution in [0.3, 0.4) is 0 Å². The Morgan fingerprint density at radius 2 is 1.76 bits per heavy atom. The SMILES string of the molecule is COc1nc(-c2ccc(O)cc2)c(N)cc1N. The van der Waals surface area contributed by atoms with Crippen LogP contribution in [-0.4, -0.2) is 17.2 Å². The first-order chi connectivity index (χ1) is 8.11. The fraction of sp³-hybridized carbons (Fsp3) is 0.0833. The fourth-order valence-electron chi connectivity index (χ4n) is 1.54. The van der Waals surface area contributed by atoms with Crippen molar-refractivity contribution >= 4 is 11.4 Å². The second kappa shape index (κ2) is 4.21. The maximum atomic E-state index is 9.22. The van der Waals surface area contributed by atoms with E-state index < -0.39 is 0 Å². The Bertz CT molecular complexity index is 538. The van der Waals surface area contributed by atoms with E-state index in [1.807, 2.05) is 0 Å². The topological polar surface area (TPSA) is 94.4 Å². The number of phenolic OH excluding ortho intramolecular Hbond substituents is 1. The highest BCUT2D eigenvalue weighted by Gasteiger charge is 2.10. The molecule has 0 saturated carbocycles. The molecule has 0 aliphatic heterocycles. The zero-order chi connectivity index (χ0) is 12.4. The largest absolute Gasteiger partial charge is 0.508 e. The van der Waals surface area contributed by atoms with E-state index in [1.54, 1.807) is 30.3 Å². The number of phenols is 1. The number of hydrogen-bond acceptors (Lipinski definition) is 5. The van der Waals surface area contributed by atoms with Gasteiger partial charge in [0.2, 0.25) is 5.88 Å². The first-order valence-electron chi connectivity index (χ1n) is 5.01. The van der Waals surface area contributed by atoms with Gasteiger partial charge in [-0.05, 0) is 30.3 Å². The van der Waals surface area contributed by atoms with Gasteiger partial charge in [-0.25, -0.2) is 4.98 Å². The van der Waals surface area contributed by atoms with Gasteiger partial charge in [0.15, 0.2) is 0 Å². The van der Waals surface area contributed by atoms with Crippen molar-refractivity contribution in [3.8, 4) is 22.9 Å². The van der Waals surface area contributed by atoms with Crippen LogP contribution in [0.1, 0.15) is 0 Å². The van der Waals surface area contributed by atoms with E-state index in [-0.39, 0.29) is 5.75 Å². The molecule has 1 aromatic carbocycles. The summed E-state index contributed by atoms with van der Waals surface area (Å²) in [6.07, 6.45) is 0. The van der Waals surface area contributed by atoms with Crippen molar-refractivity contribution in [1.29, 1.82) is 0 Å². The van der Waals surface area contributed by atoms with E-state index in [0.29, 0.717) is 22.9 Å². The van der Waals surface area contributed by atoms with Gasteiger partial charge in [0.25, 0.3) is 0 Å². The average Bonchev–Trinajstić information content (AvgIpc) is 2.31. The van der Waals surface area contributed by atoms with Gasteiger partial charge in [-0.1, -0.05) is 0 Å². The maximum Gasteiger partial charge on any atom is 0.237 e. The summed E-state index contributed by atoms with van der Waals surface area (Å²) in [6.45, 7) is 0. The third-order valence-electron chi connectivity index (χ3n) is 2.38. The van der Waals surface area contributed by atoms with Crippen LogP contribution in [0.2, 0.25) is 0 Å². The van der Waals surface area contributed by atoms with Crippen LogP contribution in [0.25, 0.3) is 11.3 Å². The van der Waals surface area contributed by atoms with Gasteiger partial charge in [-0.3, -0.25) is 0 Å². The summed E-state index contributed by atoms with van der Waals surface area (Å²) in [4.78, 5) is 4.24. The van der Waals surface area contributed by atoms with Crippen molar-refractivity contribution in [2.45, 2.75) is 0 Å². The molecule has 0 unspecified atom stereocenters. The highest BCUT2D eigenvalue weighted by atomic mass is 16.5. The standard InChI is InChI=1S/C12H13N3O2/c1-17-12-10(14)6-9(13)11(15-12)7-2-4-8(16)5-3-7/h2-6,16H,13-14H2,1H3. The molecule has 0 amide bonds. The number of methoxy groups -OCH3 is 1. The molecule has 2 rings (SSSR count). The van der Waals surface area contributed by atoms with E-state index >= 15 is 0 Å². The van der Waals surface area contributed by atoms with Gasteiger partial charge in [0.1, 0.15) is 5.75 Å². The third kappa shape index (κ3) is 2.08. The summed E-state index contributed by atoms with van der Waals surface area (Å²) >= 11 is 0. The maximum absolute atomic E-state index is 9.22. The lowest BCUT2D eigenvalue weighted by molar-refractivity contribution is 0.401. The number of benzene rings is 1. The summed E-state index contributed by atoms with van der Waals surface area (Å²) < 4.78 is 5.04. The number of hydrogen-bond donors (Lipinski definition) is 3. The van der Waals surface area contributed by atoms with Crippen molar-refractivity contribution in [3.63, 3.8) is 0 Å².